The van der Waals surface area contributed by atoms with Crippen molar-refractivity contribution in [3.63, 3.8) is 0 Å². The highest BCUT2D eigenvalue weighted by Crippen LogP contribution is 2.30. The second-order valence-electron chi connectivity index (χ2n) is 6.89. The summed E-state index contributed by atoms with van der Waals surface area (Å²) in [6.07, 6.45) is -1.94. The van der Waals surface area contributed by atoms with E-state index in [4.69, 9.17) is 11.6 Å². The minimum Gasteiger partial charge on any atom is -0.357 e. The van der Waals surface area contributed by atoms with Gasteiger partial charge in [-0.2, -0.15) is 13.2 Å². The number of nitrogens with one attached hydrogen (secondary N) is 1. The van der Waals surface area contributed by atoms with Crippen LogP contribution in [0.1, 0.15) is 28.9 Å². The average molecular weight is 408 g/mol. The van der Waals surface area contributed by atoms with Crippen LogP contribution in [0, 0.1) is 0 Å². The number of fused-ring (bicyclic) bond motifs is 3. The van der Waals surface area contributed by atoms with Gasteiger partial charge in [-0.3, -0.25) is 9.78 Å². The van der Waals surface area contributed by atoms with Crippen LogP contribution < -0.4 is 0 Å². The number of halogens is 4. The Bertz CT molecular complexity index is 1030. The quantitative estimate of drug-likeness (QED) is 0.681. The van der Waals surface area contributed by atoms with Crippen LogP contribution in [0.4, 0.5) is 13.2 Å². The van der Waals surface area contributed by atoms with Crippen molar-refractivity contribution in [1.29, 1.82) is 0 Å². The molecule has 28 heavy (non-hydrogen) atoms. The van der Waals surface area contributed by atoms with Gasteiger partial charge in [0.05, 0.1) is 6.54 Å². The van der Waals surface area contributed by atoms with E-state index in [0.29, 0.717) is 30.1 Å². The van der Waals surface area contributed by atoms with Crippen LogP contribution in [0.25, 0.3) is 10.9 Å². The molecule has 4 rings (SSSR count). The van der Waals surface area contributed by atoms with Gasteiger partial charge in [0, 0.05) is 40.8 Å². The van der Waals surface area contributed by atoms with Gasteiger partial charge in [0.25, 0.3) is 0 Å². The lowest BCUT2D eigenvalue weighted by Gasteiger charge is -2.27. The lowest BCUT2D eigenvalue weighted by Crippen LogP contribution is -2.36. The average Bonchev–Trinajstić information content (AvgIpc) is 3.02. The van der Waals surface area contributed by atoms with Crippen molar-refractivity contribution in [2.75, 3.05) is 6.54 Å². The molecule has 8 heteroatoms. The summed E-state index contributed by atoms with van der Waals surface area (Å²) < 4.78 is 37.7. The second-order valence-corrected chi connectivity index (χ2v) is 7.32. The number of aryl methyl sites for hydroxylation is 1. The third kappa shape index (κ3) is 3.71. The zero-order valence-corrected chi connectivity index (χ0v) is 15.6. The van der Waals surface area contributed by atoms with E-state index in [1.165, 1.54) is 17.8 Å². The van der Waals surface area contributed by atoms with Gasteiger partial charge in [-0.1, -0.05) is 17.7 Å². The van der Waals surface area contributed by atoms with Crippen LogP contribution in [-0.2, 0) is 30.4 Å². The summed E-state index contributed by atoms with van der Waals surface area (Å²) >= 11 is 6.09. The number of hydrogen-bond donors (Lipinski definition) is 1. The molecule has 1 aliphatic rings. The van der Waals surface area contributed by atoms with Crippen molar-refractivity contribution in [2.24, 2.45) is 0 Å². The van der Waals surface area contributed by atoms with Crippen molar-refractivity contribution in [3.05, 3.63) is 64.1 Å². The lowest BCUT2D eigenvalue weighted by molar-refractivity contribution is -0.141. The maximum absolute atomic E-state index is 12.6. The highest BCUT2D eigenvalue weighted by Gasteiger charge is 2.32. The van der Waals surface area contributed by atoms with Crippen molar-refractivity contribution < 1.29 is 18.0 Å². The van der Waals surface area contributed by atoms with Crippen LogP contribution in [-0.4, -0.2) is 27.3 Å². The van der Waals surface area contributed by atoms with Gasteiger partial charge in [-0.25, -0.2) is 0 Å². The number of carbonyl (C=O) groups is 1. The van der Waals surface area contributed by atoms with Gasteiger partial charge in [0.2, 0.25) is 5.91 Å². The summed E-state index contributed by atoms with van der Waals surface area (Å²) in [6, 6.07) is 8.01. The topological polar surface area (TPSA) is 49.0 Å². The Kier molecular flexibility index (Phi) is 4.79. The minimum absolute atomic E-state index is 0.0257. The normalized spacial score (nSPS) is 14.4. The van der Waals surface area contributed by atoms with Gasteiger partial charge >= 0.3 is 6.18 Å². The highest BCUT2D eigenvalue weighted by atomic mass is 35.5. The SMILES string of the molecule is O=C(CCc1ccc(C(F)(F)F)nc1)N1CCc2c([nH]c3ccc(Cl)cc23)C1. The van der Waals surface area contributed by atoms with E-state index in [-0.39, 0.29) is 12.3 Å². The van der Waals surface area contributed by atoms with E-state index in [2.05, 4.69) is 9.97 Å². The van der Waals surface area contributed by atoms with E-state index < -0.39 is 11.9 Å². The summed E-state index contributed by atoms with van der Waals surface area (Å²) in [5.41, 5.74) is 2.88. The number of H-pyrrole nitrogens is 1. The fourth-order valence-corrected chi connectivity index (χ4v) is 3.75. The van der Waals surface area contributed by atoms with Crippen LogP contribution in [0.15, 0.2) is 36.5 Å². The predicted octanol–water partition coefficient (Wildman–Crippen LogP) is 4.75. The number of nitrogens with zero attached hydrogens (tertiary/aromatic N) is 2. The second kappa shape index (κ2) is 7.13. The molecule has 0 radical (unpaired) electrons. The molecule has 0 atom stereocenters. The zero-order chi connectivity index (χ0) is 19.9. The molecular weight excluding hydrogens is 391 g/mol. The lowest BCUT2D eigenvalue weighted by atomic mass is 10.0. The van der Waals surface area contributed by atoms with Gasteiger partial charge in [-0.05, 0) is 48.2 Å². The highest BCUT2D eigenvalue weighted by molar-refractivity contribution is 6.31. The number of aromatic amines is 1. The molecule has 0 fully saturated rings. The molecule has 3 heterocycles. The Morgan fingerprint density at radius 3 is 2.79 bits per heavy atom. The third-order valence-corrected chi connectivity index (χ3v) is 5.27. The number of alkyl halides is 3. The van der Waals surface area contributed by atoms with Gasteiger partial charge < -0.3 is 9.88 Å². The van der Waals surface area contributed by atoms with E-state index in [9.17, 15) is 18.0 Å². The summed E-state index contributed by atoms with van der Waals surface area (Å²) in [5.74, 6) is -0.0257. The first-order valence-corrected chi connectivity index (χ1v) is 9.28. The first kappa shape index (κ1) is 18.8. The fourth-order valence-electron chi connectivity index (χ4n) is 3.58. The monoisotopic (exact) mass is 407 g/mol. The summed E-state index contributed by atoms with van der Waals surface area (Å²) in [4.78, 5) is 21.1. The van der Waals surface area contributed by atoms with Crippen molar-refractivity contribution in [3.8, 4) is 0 Å². The van der Waals surface area contributed by atoms with Crippen LogP contribution in [0.5, 0.6) is 0 Å². The van der Waals surface area contributed by atoms with E-state index in [1.807, 2.05) is 18.2 Å². The largest absolute Gasteiger partial charge is 0.433 e. The molecule has 2 aromatic heterocycles. The Balaban J connectivity index is 1.40. The van der Waals surface area contributed by atoms with Gasteiger partial charge in [0.1, 0.15) is 5.69 Å². The van der Waals surface area contributed by atoms with Crippen molar-refractivity contribution in [1.82, 2.24) is 14.9 Å². The number of amides is 1. The summed E-state index contributed by atoms with van der Waals surface area (Å²) in [7, 11) is 0. The molecule has 1 aliphatic heterocycles. The Hall–Kier alpha value is -2.54. The van der Waals surface area contributed by atoms with Gasteiger partial charge in [0.15, 0.2) is 0 Å². The molecule has 146 valence electrons. The first-order chi connectivity index (χ1) is 13.3. The molecule has 0 aliphatic carbocycles. The van der Waals surface area contributed by atoms with Crippen LogP contribution in [0.3, 0.4) is 0 Å². The smallest absolute Gasteiger partial charge is 0.357 e. The summed E-state index contributed by atoms with van der Waals surface area (Å²) in [6.45, 7) is 1.10. The molecular formula is C20H17ClF3N3O. The number of benzene rings is 1. The predicted molar refractivity (Wildman–Crippen MR) is 100.0 cm³/mol. The Morgan fingerprint density at radius 2 is 2.07 bits per heavy atom. The summed E-state index contributed by atoms with van der Waals surface area (Å²) in [5, 5.41) is 1.77. The van der Waals surface area contributed by atoms with E-state index in [0.717, 1.165) is 29.1 Å². The molecule has 1 aromatic carbocycles. The molecule has 4 nitrogen and oxygen atoms in total. The molecule has 0 unspecified atom stereocenters. The van der Waals surface area contributed by atoms with Crippen LogP contribution in [0.2, 0.25) is 5.02 Å². The van der Waals surface area contributed by atoms with Gasteiger partial charge in [-0.15, -0.1) is 0 Å². The zero-order valence-electron chi connectivity index (χ0n) is 14.8. The van der Waals surface area contributed by atoms with Crippen molar-refractivity contribution in [2.45, 2.75) is 32.0 Å². The molecule has 0 bridgehead atoms. The standard InChI is InChI=1S/C20H17ClF3N3O/c21-13-3-4-16-15(9-13)14-7-8-27(11-17(14)26-16)19(28)6-2-12-1-5-18(25-10-12)20(22,23)24/h1,3-5,9-10,26H,2,6-8,11H2. The fraction of sp³-hybridized carbons (Fsp3) is 0.300. The van der Waals surface area contributed by atoms with Crippen molar-refractivity contribution >= 4 is 28.4 Å². The number of carbonyl (C=O) groups excluding carboxylic acids is 1. The van der Waals surface area contributed by atoms with E-state index >= 15 is 0 Å². The molecule has 0 spiro atoms. The molecule has 1 N–H and O–H groups in total. The Labute approximate surface area is 164 Å². The third-order valence-electron chi connectivity index (χ3n) is 5.03. The first-order valence-electron chi connectivity index (χ1n) is 8.90. The molecule has 0 saturated carbocycles. The molecule has 1 amide bonds. The molecule has 0 saturated heterocycles. The minimum atomic E-state index is -4.45. The number of hydrogen-bond acceptors (Lipinski definition) is 2. The van der Waals surface area contributed by atoms with Crippen LogP contribution >= 0.6 is 11.6 Å². The number of aromatic nitrogens is 2. The number of pyridine rings is 1. The van der Waals surface area contributed by atoms with E-state index in [1.54, 1.807) is 4.90 Å². The maximum atomic E-state index is 12.6. The molecule has 3 aromatic rings. The number of rotatable bonds is 3. The maximum Gasteiger partial charge on any atom is 0.433 e. The Morgan fingerprint density at radius 1 is 1.25 bits per heavy atom.